The molecule has 1 aliphatic heterocycles. The van der Waals surface area contributed by atoms with Crippen molar-refractivity contribution in [2.24, 2.45) is 4.99 Å². The molecule has 0 amide bonds. The largest absolute Gasteiger partial charge is 0.309 e. The van der Waals surface area contributed by atoms with E-state index in [9.17, 15) is 4.79 Å². The second-order valence-corrected chi connectivity index (χ2v) is 5.91. The summed E-state index contributed by atoms with van der Waals surface area (Å²) < 4.78 is 0. The lowest BCUT2D eigenvalue weighted by Gasteiger charge is -2.29. The average Bonchev–Trinajstić information content (AvgIpc) is 2.60. The molecule has 0 saturated carbocycles. The van der Waals surface area contributed by atoms with E-state index in [-0.39, 0.29) is 5.78 Å². The number of carbonyl (C=O) groups is 1. The maximum atomic E-state index is 11.6. The van der Waals surface area contributed by atoms with E-state index in [4.69, 9.17) is 0 Å². The Labute approximate surface area is 152 Å². The first-order valence-corrected chi connectivity index (χ1v) is 8.92. The van der Waals surface area contributed by atoms with Crippen LogP contribution in [-0.4, -0.2) is 16.9 Å². The Morgan fingerprint density at radius 3 is 2.36 bits per heavy atom. The monoisotopic (exact) mass is 338 g/mol. The highest BCUT2D eigenvalue weighted by Crippen LogP contribution is 2.24. The molecule has 0 N–H and O–H groups in total. The van der Waals surface area contributed by atoms with Crippen molar-refractivity contribution in [3.8, 4) is 0 Å². The van der Waals surface area contributed by atoms with Gasteiger partial charge in [-0.25, -0.2) is 0 Å². The number of ketones is 1. The number of nitrogens with zero attached hydrogens (tertiary/aromatic N) is 2. The molecule has 1 aromatic rings. The smallest absolute Gasteiger partial charge is 0.176 e. The average molecular weight is 338 g/mol. The van der Waals surface area contributed by atoms with Crippen LogP contribution in [0.25, 0.3) is 0 Å². The molecule has 1 heterocycles. The van der Waals surface area contributed by atoms with Gasteiger partial charge in [0.15, 0.2) is 5.78 Å². The van der Waals surface area contributed by atoms with Crippen LogP contribution in [-0.2, 0) is 11.2 Å². The van der Waals surface area contributed by atoms with Crippen molar-refractivity contribution in [2.75, 3.05) is 0 Å². The molecule has 0 spiro atoms. The van der Waals surface area contributed by atoms with E-state index in [1.807, 2.05) is 24.8 Å². The van der Waals surface area contributed by atoms with Gasteiger partial charge in [0.1, 0.15) is 0 Å². The molecule has 0 aliphatic carbocycles. The van der Waals surface area contributed by atoms with E-state index in [0.717, 1.165) is 30.7 Å². The Morgan fingerprint density at radius 1 is 1.20 bits per heavy atom. The van der Waals surface area contributed by atoms with Crippen molar-refractivity contribution >= 4 is 12.0 Å². The van der Waals surface area contributed by atoms with Gasteiger partial charge in [0.25, 0.3) is 0 Å². The van der Waals surface area contributed by atoms with E-state index in [2.05, 4.69) is 49.7 Å². The van der Waals surface area contributed by atoms with E-state index < -0.39 is 0 Å². The van der Waals surface area contributed by atoms with Crippen molar-refractivity contribution in [2.45, 2.75) is 53.9 Å². The van der Waals surface area contributed by atoms with Crippen molar-refractivity contribution < 1.29 is 4.79 Å². The summed E-state index contributed by atoms with van der Waals surface area (Å²) >= 11 is 0. The van der Waals surface area contributed by atoms with Crippen LogP contribution >= 0.6 is 0 Å². The van der Waals surface area contributed by atoms with Gasteiger partial charge in [-0.05, 0) is 37.3 Å². The van der Waals surface area contributed by atoms with E-state index >= 15 is 0 Å². The summed E-state index contributed by atoms with van der Waals surface area (Å²) in [4.78, 5) is 17.6. The Hall–Kier alpha value is -2.42. The maximum absolute atomic E-state index is 11.6. The number of Topliss-reactive ketones (excluding diaryl/α,β-unsaturated/α-hetero) is 1. The first kappa shape index (κ1) is 20.6. The van der Waals surface area contributed by atoms with Gasteiger partial charge in [0.05, 0.1) is 17.6 Å². The van der Waals surface area contributed by atoms with Gasteiger partial charge in [0, 0.05) is 18.8 Å². The molecular formula is C22H30N2O. The minimum absolute atomic E-state index is 0.0534. The zero-order chi connectivity index (χ0) is 18.8. The van der Waals surface area contributed by atoms with Gasteiger partial charge >= 0.3 is 0 Å². The van der Waals surface area contributed by atoms with Crippen molar-refractivity contribution in [1.29, 1.82) is 0 Å². The van der Waals surface area contributed by atoms with Crippen LogP contribution in [0.2, 0.25) is 0 Å². The molecule has 3 heteroatoms. The Balaban J connectivity index is 0.000000293. The quantitative estimate of drug-likeness (QED) is 0.657. The molecule has 0 bridgehead atoms. The summed E-state index contributed by atoms with van der Waals surface area (Å²) in [6, 6.07) is 8.49. The van der Waals surface area contributed by atoms with E-state index in [1.165, 1.54) is 11.1 Å². The van der Waals surface area contributed by atoms with Crippen molar-refractivity contribution in [3.63, 3.8) is 0 Å². The summed E-state index contributed by atoms with van der Waals surface area (Å²) in [5, 5.41) is 0. The normalized spacial score (nSPS) is 14.0. The van der Waals surface area contributed by atoms with Crippen LogP contribution in [0.15, 0.2) is 65.2 Å². The Morgan fingerprint density at radius 2 is 1.88 bits per heavy atom. The molecule has 0 unspecified atom stereocenters. The van der Waals surface area contributed by atoms with Gasteiger partial charge in [-0.15, -0.1) is 0 Å². The molecule has 3 nitrogen and oxygen atoms in total. The van der Waals surface area contributed by atoms with Gasteiger partial charge < -0.3 is 4.90 Å². The standard InChI is InChI=1S/C13H18N2O.C9H12/c1-5-7-13(11(4)16)15-10(3)8-14-9-12(15)6-2;1-3-9-7-5-4-6-8(9)2/h7-9H,3,5-6H2,1-2,4H3;4-7H,3H2,1-2H3/b13-7-;. The highest BCUT2D eigenvalue weighted by molar-refractivity contribution is 5.95. The molecule has 2 rings (SSSR count). The van der Waals surface area contributed by atoms with Crippen LogP contribution in [0, 0.1) is 6.92 Å². The second-order valence-electron chi connectivity index (χ2n) is 5.91. The SMILES string of the molecule is C=C1C=NC=C(CC)N1/C(=C\CC)C(C)=O.CCc1ccccc1C. The van der Waals surface area contributed by atoms with E-state index in [0.29, 0.717) is 5.70 Å². The fourth-order valence-corrected chi connectivity index (χ4v) is 2.66. The lowest BCUT2D eigenvalue weighted by atomic mass is 10.1. The molecule has 0 aromatic heterocycles. The third-order valence-electron chi connectivity index (χ3n) is 4.03. The molecule has 0 fully saturated rings. The predicted octanol–water partition coefficient (Wildman–Crippen LogP) is 5.58. The third kappa shape index (κ3) is 5.86. The molecule has 134 valence electrons. The maximum Gasteiger partial charge on any atom is 0.176 e. The highest BCUT2D eigenvalue weighted by Gasteiger charge is 2.20. The second kappa shape index (κ2) is 10.4. The van der Waals surface area contributed by atoms with Crippen molar-refractivity contribution in [3.05, 3.63) is 71.3 Å². The zero-order valence-corrected chi connectivity index (χ0v) is 16.2. The summed E-state index contributed by atoms with van der Waals surface area (Å²) in [5.41, 5.74) is 5.29. The summed E-state index contributed by atoms with van der Waals surface area (Å²) in [5.74, 6) is 0.0534. The van der Waals surface area contributed by atoms with Crippen LogP contribution in [0.4, 0.5) is 0 Å². The minimum Gasteiger partial charge on any atom is -0.309 e. The molecule has 0 saturated heterocycles. The van der Waals surface area contributed by atoms with Gasteiger partial charge in [-0.2, -0.15) is 0 Å². The number of allylic oxidation sites excluding steroid dienone is 4. The van der Waals surface area contributed by atoms with Gasteiger partial charge in [-0.3, -0.25) is 9.79 Å². The molecule has 1 aromatic carbocycles. The summed E-state index contributed by atoms with van der Waals surface area (Å²) in [7, 11) is 0. The first-order chi connectivity index (χ1) is 12.0. The number of aryl methyl sites for hydroxylation is 2. The third-order valence-corrected chi connectivity index (χ3v) is 4.03. The van der Waals surface area contributed by atoms with Crippen LogP contribution in [0.5, 0.6) is 0 Å². The predicted molar refractivity (Wildman–Crippen MR) is 107 cm³/mol. The van der Waals surface area contributed by atoms with E-state index in [1.54, 1.807) is 19.3 Å². The molecule has 1 aliphatic rings. The van der Waals surface area contributed by atoms with Crippen LogP contribution < -0.4 is 0 Å². The number of rotatable bonds is 5. The number of benzene rings is 1. The summed E-state index contributed by atoms with van der Waals surface area (Å²) in [6.45, 7) is 13.9. The zero-order valence-electron chi connectivity index (χ0n) is 16.2. The fraction of sp³-hybridized carbons (Fsp3) is 0.364. The topological polar surface area (TPSA) is 32.7 Å². The number of hydrogen-bond donors (Lipinski definition) is 0. The van der Waals surface area contributed by atoms with Crippen LogP contribution in [0.1, 0.15) is 51.7 Å². The molecule has 0 atom stereocenters. The van der Waals surface area contributed by atoms with Crippen molar-refractivity contribution in [1.82, 2.24) is 4.90 Å². The summed E-state index contributed by atoms with van der Waals surface area (Å²) in [6.07, 6.45) is 8.17. The highest BCUT2D eigenvalue weighted by atomic mass is 16.1. The Kier molecular flexibility index (Phi) is 8.62. The number of aliphatic imine (C=N–C) groups is 1. The van der Waals surface area contributed by atoms with Gasteiger partial charge in [-0.1, -0.05) is 57.7 Å². The first-order valence-electron chi connectivity index (χ1n) is 8.92. The Bertz CT molecular complexity index is 696. The number of carbonyl (C=O) groups excluding carboxylic acids is 1. The fourth-order valence-electron chi connectivity index (χ4n) is 2.66. The molecule has 0 radical (unpaired) electrons. The van der Waals surface area contributed by atoms with Crippen LogP contribution in [0.3, 0.4) is 0 Å². The molecular weight excluding hydrogens is 308 g/mol. The minimum atomic E-state index is 0.0534. The lowest BCUT2D eigenvalue weighted by molar-refractivity contribution is -0.114. The number of hydrogen-bond acceptors (Lipinski definition) is 3. The lowest BCUT2D eigenvalue weighted by Crippen LogP contribution is -2.27. The molecule has 25 heavy (non-hydrogen) atoms. The van der Waals surface area contributed by atoms with Gasteiger partial charge in [0.2, 0.25) is 0 Å².